The van der Waals surface area contributed by atoms with Gasteiger partial charge >= 0.3 is 0 Å². The molecule has 0 atom stereocenters. The number of ether oxygens (including phenoxy) is 2. The lowest BCUT2D eigenvalue weighted by Crippen LogP contribution is -2.32. The van der Waals surface area contributed by atoms with Gasteiger partial charge in [-0.15, -0.1) is 0 Å². The molecule has 0 spiro atoms. The minimum absolute atomic E-state index is 0.0466. The van der Waals surface area contributed by atoms with E-state index in [1.165, 1.54) is 12.1 Å². The molecule has 6 heteroatoms. The van der Waals surface area contributed by atoms with Crippen molar-refractivity contribution >= 4 is 5.91 Å². The summed E-state index contributed by atoms with van der Waals surface area (Å²) in [6.07, 6.45) is 0.683. The molecular formula is C19H23NO5. The van der Waals surface area contributed by atoms with Gasteiger partial charge in [0, 0.05) is 38.9 Å². The van der Waals surface area contributed by atoms with Crippen LogP contribution in [0.2, 0.25) is 0 Å². The van der Waals surface area contributed by atoms with Crippen LogP contribution in [-0.4, -0.2) is 38.2 Å². The van der Waals surface area contributed by atoms with Gasteiger partial charge in [0.1, 0.15) is 11.5 Å². The zero-order valence-electron chi connectivity index (χ0n) is 14.8. The van der Waals surface area contributed by atoms with E-state index in [-0.39, 0.29) is 17.1 Å². The number of carbonyl (C=O) groups is 1. The topological polar surface area (TPSA) is 69.0 Å². The van der Waals surface area contributed by atoms with E-state index in [1.54, 1.807) is 26.0 Å². The zero-order chi connectivity index (χ0) is 18.2. The van der Waals surface area contributed by atoms with E-state index in [2.05, 4.69) is 0 Å². The van der Waals surface area contributed by atoms with Crippen molar-refractivity contribution in [1.82, 2.24) is 4.90 Å². The fourth-order valence-electron chi connectivity index (χ4n) is 2.51. The highest BCUT2D eigenvalue weighted by atomic mass is 16.5. The molecule has 0 bridgehead atoms. The third-order valence-corrected chi connectivity index (χ3v) is 3.67. The number of benzene rings is 1. The number of carbonyl (C=O) groups excluding carboxylic acids is 1. The predicted octanol–water partition coefficient (Wildman–Crippen LogP) is 2.64. The van der Waals surface area contributed by atoms with Crippen molar-refractivity contribution in [3.8, 4) is 5.75 Å². The van der Waals surface area contributed by atoms with Crippen molar-refractivity contribution in [2.24, 2.45) is 0 Å². The first-order valence-electron chi connectivity index (χ1n) is 8.06. The smallest absolute Gasteiger partial charge is 0.290 e. The third-order valence-electron chi connectivity index (χ3n) is 3.67. The van der Waals surface area contributed by atoms with Crippen LogP contribution >= 0.6 is 0 Å². The largest absolute Gasteiger partial charge is 0.497 e. The van der Waals surface area contributed by atoms with Gasteiger partial charge in [0.2, 0.25) is 0 Å². The maximum atomic E-state index is 12.8. The van der Waals surface area contributed by atoms with Gasteiger partial charge < -0.3 is 18.8 Å². The van der Waals surface area contributed by atoms with Gasteiger partial charge in [-0.3, -0.25) is 9.59 Å². The van der Waals surface area contributed by atoms with E-state index >= 15 is 0 Å². The van der Waals surface area contributed by atoms with Gasteiger partial charge in [-0.2, -0.15) is 0 Å². The van der Waals surface area contributed by atoms with Crippen molar-refractivity contribution in [3.63, 3.8) is 0 Å². The van der Waals surface area contributed by atoms with E-state index in [1.807, 2.05) is 24.3 Å². The molecule has 0 N–H and O–H groups in total. The summed E-state index contributed by atoms with van der Waals surface area (Å²) in [6, 6.07) is 10.1. The molecule has 0 saturated carbocycles. The lowest BCUT2D eigenvalue weighted by Gasteiger charge is -2.22. The fraction of sp³-hybridized carbons (Fsp3) is 0.368. The molecule has 0 radical (unpaired) electrons. The first kappa shape index (κ1) is 18.7. The van der Waals surface area contributed by atoms with Crippen molar-refractivity contribution in [1.29, 1.82) is 0 Å². The molecule has 0 unspecified atom stereocenters. The number of nitrogens with zero attached hydrogens (tertiary/aromatic N) is 1. The second-order valence-corrected chi connectivity index (χ2v) is 5.69. The van der Waals surface area contributed by atoms with Crippen LogP contribution in [0.1, 0.15) is 28.3 Å². The van der Waals surface area contributed by atoms with E-state index in [4.69, 9.17) is 13.9 Å². The highest BCUT2D eigenvalue weighted by Crippen LogP contribution is 2.16. The highest BCUT2D eigenvalue weighted by molar-refractivity contribution is 5.91. The molecule has 0 aliphatic heterocycles. The van der Waals surface area contributed by atoms with Gasteiger partial charge in [0.15, 0.2) is 11.2 Å². The van der Waals surface area contributed by atoms with E-state index in [0.29, 0.717) is 31.9 Å². The number of aryl methyl sites for hydroxylation is 1. The van der Waals surface area contributed by atoms with E-state index in [9.17, 15) is 9.59 Å². The molecule has 0 fully saturated rings. The molecule has 0 aliphatic carbocycles. The Hall–Kier alpha value is -2.60. The highest BCUT2D eigenvalue weighted by Gasteiger charge is 2.19. The third kappa shape index (κ3) is 5.46. The first-order chi connectivity index (χ1) is 12.0. The number of rotatable bonds is 8. The predicted molar refractivity (Wildman–Crippen MR) is 93.9 cm³/mol. The Kier molecular flexibility index (Phi) is 6.77. The zero-order valence-corrected chi connectivity index (χ0v) is 14.8. The molecule has 1 aromatic heterocycles. The van der Waals surface area contributed by atoms with Gasteiger partial charge in [-0.25, -0.2) is 0 Å². The average Bonchev–Trinajstić information content (AvgIpc) is 2.59. The Balaban J connectivity index is 2.24. The molecule has 0 saturated heterocycles. The second kappa shape index (κ2) is 9.03. The van der Waals surface area contributed by atoms with Crippen LogP contribution in [0, 0.1) is 6.92 Å². The Labute approximate surface area is 147 Å². The molecule has 25 heavy (non-hydrogen) atoms. The van der Waals surface area contributed by atoms with Crippen molar-refractivity contribution in [2.45, 2.75) is 19.9 Å². The number of methoxy groups -OCH3 is 2. The summed E-state index contributed by atoms with van der Waals surface area (Å²) < 4.78 is 15.7. The van der Waals surface area contributed by atoms with Crippen molar-refractivity contribution in [2.75, 3.05) is 27.4 Å². The van der Waals surface area contributed by atoms with Crippen LogP contribution in [0.5, 0.6) is 5.75 Å². The summed E-state index contributed by atoms with van der Waals surface area (Å²) in [5.74, 6) is 0.864. The Morgan fingerprint density at radius 3 is 2.68 bits per heavy atom. The molecule has 2 aromatic rings. The van der Waals surface area contributed by atoms with Gasteiger partial charge in [-0.05, 0) is 31.0 Å². The fourth-order valence-corrected chi connectivity index (χ4v) is 2.51. The van der Waals surface area contributed by atoms with Crippen LogP contribution in [0.4, 0.5) is 0 Å². The molecule has 134 valence electrons. The maximum absolute atomic E-state index is 12.8. The summed E-state index contributed by atoms with van der Waals surface area (Å²) in [4.78, 5) is 26.1. The number of hydrogen-bond donors (Lipinski definition) is 0. The summed E-state index contributed by atoms with van der Waals surface area (Å²) in [7, 11) is 3.22. The number of amides is 1. The molecular weight excluding hydrogens is 322 g/mol. The summed E-state index contributed by atoms with van der Waals surface area (Å²) in [5, 5.41) is 0. The quantitative estimate of drug-likeness (QED) is 0.688. The minimum atomic E-state index is -0.320. The Morgan fingerprint density at radius 1 is 1.20 bits per heavy atom. The lowest BCUT2D eigenvalue weighted by molar-refractivity contribution is 0.0687. The SMILES string of the molecule is COCCCN(Cc1cccc(OC)c1)C(=O)c1cc(=O)cc(C)o1. The minimum Gasteiger partial charge on any atom is -0.497 e. The molecule has 2 rings (SSSR count). The normalized spacial score (nSPS) is 10.5. The Bertz CT molecular complexity index is 768. The molecule has 1 amide bonds. The van der Waals surface area contributed by atoms with Gasteiger partial charge in [-0.1, -0.05) is 12.1 Å². The maximum Gasteiger partial charge on any atom is 0.290 e. The van der Waals surface area contributed by atoms with Crippen molar-refractivity contribution in [3.05, 3.63) is 63.7 Å². The van der Waals surface area contributed by atoms with Crippen LogP contribution in [0.25, 0.3) is 0 Å². The summed E-state index contributed by atoms with van der Waals surface area (Å²) >= 11 is 0. The van der Waals surface area contributed by atoms with Crippen LogP contribution in [0.15, 0.2) is 45.6 Å². The molecule has 1 heterocycles. The van der Waals surface area contributed by atoms with E-state index in [0.717, 1.165) is 11.3 Å². The average molecular weight is 345 g/mol. The van der Waals surface area contributed by atoms with Crippen molar-refractivity contribution < 1.29 is 18.7 Å². The molecule has 1 aromatic carbocycles. The second-order valence-electron chi connectivity index (χ2n) is 5.69. The molecule has 6 nitrogen and oxygen atoms in total. The Morgan fingerprint density at radius 2 is 2.00 bits per heavy atom. The van der Waals surface area contributed by atoms with Gasteiger partial charge in [0.05, 0.1) is 7.11 Å². The van der Waals surface area contributed by atoms with Gasteiger partial charge in [0.25, 0.3) is 5.91 Å². The van der Waals surface area contributed by atoms with Crippen LogP contribution in [-0.2, 0) is 11.3 Å². The first-order valence-corrected chi connectivity index (χ1v) is 8.06. The summed E-state index contributed by atoms with van der Waals surface area (Å²) in [6.45, 7) is 3.06. The monoisotopic (exact) mass is 345 g/mol. The van der Waals surface area contributed by atoms with Crippen LogP contribution < -0.4 is 10.2 Å². The van der Waals surface area contributed by atoms with Crippen LogP contribution in [0.3, 0.4) is 0 Å². The molecule has 0 aliphatic rings. The number of hydrogen-bond acceptors (Lipinski definition) is 5. The lowest BCUT2D eigenvalue weighted by atomic mass is 10.2. The standard InChI is InChI=1S/C19H23NO5/c1-14-10-16(21)12-18(25-14)19(22)20(8-5-9-23-2)13-15-6-4-7-17(11-15)24-3/h4,6-7,10-12H,5,8-9,13H2,1-3H3. The van der Waals surface area contributed by atoms with E-state index < -0.39 is 0 Å². The summed E-state index contributed by atoms with van der Waals surface area (Å²) in [5.41, 5.74) is 0.686.